The van der Waals surface area contributed by atoms with Crippen LogP contribution in [-0.4, -0.2) is 43.0 Å². The predicted molar refractivity (Wildman–Crippen MR) is 139 cm³/mol. The van der Waals surface area contributed by atoms with Crippen LogP contribution in [0.25, 0.3) is 0 Å². The Hall–Kier alpha value is -3.19. The Morgan fingerprint density at radius 1 is 0.613 bits per heavy atom. The number of rotatable bonds is 14. The molecule has 7 heteroatoms. The molecule has 0 aliphatic carbocycles. The van der Waals surface area contributed by atoms with Gasteiger partial charge in [-0.25, -0.2) is 0 Å². The van der Waals surface area contributed by atoms with Gasteiger partial charge in [0.1, 0.15) is 0 Å². The van der Waals surface area contributed by atoms with Gasteiger partial charge < -0.3 is 15.6 Å². The van der Waals surface area contributed by atoms with Crippen molar-refractivity contribution in [3.05, 3.63) is 88.6 Å². The molecule has 0 rings (SSSR count). The third kappa shape index (κ3) is 17.4. The molecule has 3 N–H and O–H groups in total. The lowest BCUT2D eigenvalue weighted by Crippen LogP contribution is -2.21. The first-order chi connectivity index (χ1) is 14.8. The maximum Gasteiger partial charge on any atom is 0.0672 e. The third-order valence-corrected chi connectivity index (χ3v) is 5.33. The van der Waals surface area contributed by atoms with E-state index in [4.69, 9.17) is 15.6 Å². The van der Waals surface area contributed by atoms with Gasteiger partial charge in [-0.2, -0.15) is 0 Å². The van der Waals surface area contributed by atoms with Crippen molar-refractivity contribution in [1.82, 2.24) is 0 Å². The van der Waals surface area contributed by atoms with Gasteiger partial charge in [-0.15, -0.1) is 46.1 Å². The van der Waals surface area contributed by atoms with E-state index >= 15 is 0 Å². The number of hydrogen-bond donors (Lipinski definition) is 3. The van der Waals surface area contributed by atoms with Crippen LogP contribution in [0.1, 0.15) is 38.5 Å². The van der Waals surface area contributed by atoms with Crippen LogP contribution in [0.15, 0.2) is 104 Å². The van der Waals surface area contributed by atoms with Crippen LogP contribution in [0.5, 0.6) is 0 Å². The van der Waals surface area contributed by atoms with Crippen LogP contribution in [-0.2, 0) is 0 Å². The third-order valence-electron chi connectivity index (χ3n) is 3.94. The zero-order chi connectivity index (χ0) is 24.5. The quantitative estimate of drug-likeness (QED) is 0.106. The van der Waals surface area contributed by atoms with Gasteiger partial charge in [0, 0.05) is 47.4 Å². The van der Waals surface area contributed by atoms with E-state index in [1.165, 1.54) is 0 Å². The second-order valence-electron chi connectivity index (χ2n) is 6.46. The highest BCUT2D eigenvalue weighted by Gasteiger charge is 2.25. The molecule has 1 unspecified atom stereocenters. The second kappa shape index (κ2) is 23.1. The molecule has 0 saturated heterocycles. The summed E-state index contributed by atoms with van der Waals surface area (Å²) in [6.07, 6.45) is 16.0. The first-order valence-corrected chi connectivity index (χ1v) is 10.7. The molecule has 0 amide bonds. The highest BCUT2D eigenvalue weighted by molar-refractivity contribution is 6.31. The van der Waals surface area contributed by atoms with Crippen molar-refractivity contribution in [2.45, 2.75) is 43.6 Å². The zero-order valence-electron chi connectivity index (χ0n) is 18.9. The predicted octanol–water partition coefficient (Wildman–Crippen LogP) is 5.62. The normalized spacial score (nSPS) is 11.4. The number of allylic oxidation sites excluding steroid dienone is 7. The zero-order valence-corrected chi connectivity index (χ0v) is 20.9. The molecule has 0 radical (unpaired) electrons. The van der Waals surface area contributed by atoms with Crippen LogP contribution in [0, 0.1) is 0 Å². The SMILES string of the molecule is C=CCC(=NO)C([SiH3])(C=C)CC=C.C=CCC(CC=C)=NO.C=CCC(CC=C)=NO. The van der Waals surface area contributed by atoms with Crippen molar-refractivity contribution in [3.63, 3.8) is 0 Å². The van der Waals surface area contributed by atoms with Gasteiger partial charge in [0.15, 0.2) is 0 Å². The summed E-state index contributed by atoms with van der Waals surface area (Å²) in [5, 5.41) is 34.6. The average molecular weight is 446 g/mol. The van der Waals surface area contributed by atoms with E-state index in [-0.39, 0.29) is 5.04 Å². The van der Waals surface area contributed by atoms with Gasteiger partial charge in [0.05, 0.1) is 17.1 Å². The summed E-state index contributed by atoms with van der Waals surface area (Å²) in [4.78, 5) is 0. The summed E-state index contributed by atoms with van der Waals surface area (Å²) in [6.45, 7) is 25.1. The summed E-state index contributed by atoms with van der Waals surface area (Å²) >= 11 is 0. The smallest absolute Gasteiger partial charge is 0.0672 e. The van der Waals surface area contributed by atoms with Crippen LogP contribution >= 0.6 is 0 Å². The number of nitrogens with zero attached hydrogens (tertiary/aromatic N) is 3. The topological polar surface area (TPSA) is 97.8 Å². The minimum atomic E-state index is -0.176. The van der Waals surface area contributed by atoms with Crippen molar-refractivity contribution in [2.24, 2.45) is 15.5 Å². The minimum Gasteiger partial charge on any atom is -0.411 e. The highest BCUT2D eigenvalue weighted by Crippen LogP contribution is 2.31. The van der Waals surface area contributed by atoms with Gasteiger partial charge in [0.25, 0.3) is 0 Å². The van der Waals surface area contributed by atoms with E-state index in [9.17, 15) is 0 Å². The Balaban J connectivity index is -0.000000390. The summed E-state index contributed by atoms with van der Waals surface area (Å²) < 4.78 is 0. The molecule has 0 heterocycles. The largest absolute Gasteiger partial charge is 0.411 e. The molecule has 0 aromatic carbocycles. The van der Waals surface area contributed by atoms with Gasteiger partial charge in [-0.3, -0.25) is 0 Å². The van der Waals surface area contributed by atoms with Crippen LogP contribution in [0.3, 0.4) is 0 Å². The molecule has 0 aromatic heterocycles. The molecule has 0 fully saturated rings. The van der Waals surface area contributed by atoms with E-state index in [1.807, 2.05) is 12.2 Å². The van der Waals surface area contributed by atoms with Gasteiger partial charge in [-0.1, -0.05) is 58.0 Å². The summed E-state index contributed by atoms with van der Waals surface area (Å²) in [6, 6.07) is 0. The number of oxime groups is 3. The highest BCUT2D eigenvalue weighted by atomic mass is 28.1. The van der Waals surface area contributed by atoms with Crippen molar-refractivity contribution >= 4 is 27.4 Å². The molecule has 1 atom stereocenters. The van der Waals surface area contributed by atoms with Gasteiger partial charge in [0.2, 0.25) is 0 Å². The van der Waals surface area contributed by atoms with E-state index in [2.05, 4.69) is 61.5 Å². The first-order valence-electron chi connectivity index (χ1n) is 9.74. The lowest BCUT2D eigenvalue weighted by atomic mass is 9.95. The second-order valence-corrected chi connectivity index (χ2v) is 8.24. The van der Waals surface area contributed by atoms with Crippen LogP contribution in [0.4, 0.5) is 0 Å². The molecular formula is C24H39N3O3Si. The molecule has 6 nitrogen and oxygen atoms in total. The van der Waals surface area contributed by atoms with Gasteiger partial charge in [-0.05, 0) is 6.42 Å². The fourth-order valence-corrected chi connectivity index (χ4v) is 2.73. The van der Waals surface area contributed by atoms with Crippen molar-refractivity contribution in [1.29, 1.82) is 0 Å². The molecule has 0 spiro atoms. The van der Waals surface area contributed by atoms with E-state index in [1.54, 1.807) is 30.4 Å². The summed E-state index contributed by atoms with van der Waals surface area (Å²) in [5.74, 6) is 0. The van der Waals surface area contributed by atoms with Crippen molar-refractivity contribution in [3.8, 4) is 0 Å². The fourth-order valence-electron chi connectivity index (χ4n) is 2.14. The average Bonchev–Trinajstić information content (AvgIpc) is 2.78. The molecule has 0 saturated carbocycles. The molecule has 0 aliphatic heterocycles. The first kappa shape index (κ1) is 32.5. The molecule has 0 bridgehead atoms. The van der Waals surface area contributed by atoms with E-state index in [0.717, 1.165) is 22.4 Å². The van der Waals surface area contributed by atoms with Crippen molar-refractivity contribution < 1.29 is 15.6 Å². The molecule has 0 aliphatic rings. The Bertz CT molecular complexity index is 611. The Morgan fingerprint density at radius 3 is 1.16 bits per heavy atom. The molecule has 31 heavy (non-hydrogen) atoms. The monoisotopic (exact) mass is 445 g/mol. The minimum absolute atomic E-state index is 0.176. The van der Waals surface area contributed by atoms with Gasteiger partial charge >= 0.3 is 0 Å². The van der Waals surface area contributed by atoms with E-state index in [0.29, 0.717) is 43.5 Å². The summed E-state index contributed by atoms with van der Waals surface area (Å²) in [5.41, 5.74) is 2.11. The fraction of sp³-hybridized carbons (Fsp3) is 0.292. The lowest BCUT2D eigenvalue weighted by molar-refractivity contribution is 0.315. The number of hydrogen-bond acceptors (Lipinski definition) is 6. The van der Waals surface area contributed by atoms with Crippen LogP contribution < -0.4 is 0 Å². The van der Waals surface area contributed by atoms with Crippen molar-refractivity contribution in [2.75, 3.05) is 0 Å². The standard InChI is InChI=1S/C10H17NOSi.2C7H11NO/c1-4-7-9(11-12)10(13,6-3)8-5-2;2*1-3-5-7(8-9)6-4-2/h4-6,12H,1-3,7-8H2,13H3;2*3-4,9H,1-2,5-6H2. The molecule has 172 valence electrons. The summed E-state index contributed by atoms with van der Waals surface area (Å²) in [7, 11) is 0.858. The van der Waals surface area contributed by atoms with E-state index < -0.39 is 0 Å². The molecule has 0 aromatic rings. The van der Waals surface area contributed by atoms with Crippen LogP contribution in [0.2, 0.25) is 5.04 Å². The Morgan fingerprint density at radius 2 is 0.968 bits per heavy atom. The lowest BCUT2D eigenvalue weighted by Gasteiger charge is -2.24. The maximum absolute atomic E-state index is 8.83. The maximum atomic E-state index is 8.83. The Labute approximate surface area is 190 Å². The molecular weight excluding hydrogens is 406 g/mol. The Kier molecular flexibility index (Phi) is 24.2.